The normalized spacial score (nSPS) is 21.3. The van der Waals surface area contributed by atoms with Crippen molar-refractivity contribution in [3.8, 4) is 0 Å². The number of aliphatic hydroxyl groups is 1. The van der Waals surface area contributed by atoms with Gasteiger partial charge in [-0.3, -0.25) is 0 Å². The van der Waals surface area contributed by atoms with Crippen LogP contribution in [-0.4, -0.2) is 14.3 Å². The molecule has 0 saturated carbocycles. The number of nitrogens with two attached hydrogens (primary N) is 1. The van der Waals surface area contributed by atoms with E-state index in [4.69, 9.17) is 5.14 Å². The van der Waals surface area contributed by atoms with Crippen LogP contribution in [0.15, 0.2) is 20.8 Å². The Hall–Kier alpha value is -1.28. The fourth-order valence-electron chi connectivity index (χ4n) is 3.98. The molecule has 1 heterocycles. The molecule has 5 nitrogen and oxygen atoms in total. The lowest BCUT2D eigenvalue weighted by Gasteiger charge is -2.14. The predicted molar refractivity (Wildman–Crippen MR) is 105 cm³/mol. The molecule has 3 N–H and O–H groups in total. The van der Waals surface area contributed by atoms with Crippen molar-refractivity contribution in [3.05, 3.63) is 39.5 Å². The zero-order valence-corrected chi connectivity index (χ0v) is 17.0. The molecule has 2 atom stereocenters. The van der Waals surface area contributed by atoms with Crippen molar-refractivity contribution in [2.24, 2.45) is 9.50 Å². The molecule has 2 aromatic rings. The number of hydrogen-bond acceptors (Lipinski definition) is 5. The number of aryl methyl sites for hydroxylation is 1. The van der Waals surface area contributed by atoms with Gasteiger partial charge in [0.25, 0.3) is 0 Å². The van der Waals surface area contributed by atoms with Crippen LogP contribution < -0.4 is 5.14 Å². The second-order valence-electron chi connectivity index (χ2n) is 7.93. The van der Waals surface area contributed by atoms with Crippen LogP contribution in [0.3, 0.4) is 0 Å². The third-order valence-corrected chi connectivity index (χ3v) is 8.60. The number of hydrogen-bond donors (Lipinski definition) is 2. The summed E-state index contributed by atoms with van der Waals surface area (Å²) in [5, 5.41) is 16.8. The van der Waals surface area contributed by atoms with Crippen LogP contribution in [-0.2, 0) is 34.8 Å². The highest BCUT2D eigenvalue weighted by molar-refractivity contribution is 7.93. The number of nitrogens with zero attached hydrogens (tertiary/aromatic N) is 2. The Morgan fingerprint density at radius 3 is 2.81 bits per heavy atom. The third-order valence-electron chi connectivity index (χ3n) is 5.39. The summed E-state index contributed by atoms with van der Waals surface area (Å²) in [4.78, 5) is 4.20. The fraction of sp³-hybridized carbons (Fsp3) is 0.526. The van der Waals surface area contributed by atoms with E-state index in [1.54, 1.807) is 13.8 Å². The number of thiazole rings is 1. The number of aromatic nitrogens is 1. The topological polar surface area (TPSA) is 88.6 Å². The Labute approximate surface area is 159 Å². The molecule has 0 spiro atoms. The van der Waals surface area contributed by atoms with Gasteiger partial charge >= 0.3 is 0 Å². The van der Waals surface area contributed by atoms with Crippen LogP contribution >= 0.6 is 11.3 Å². The van der Waals surface area contributed by atoms with Crippen LogP contribution in [0.25, 0.3) is 0 Å². The molecule has 4 rings (SSSR count). The van der Waals surface area contributed by atoms with E-state index in [1.165, 1.54) is 39.8 Å². The van der Waals surface area contributed by atoms with Gasteiger partial charge in [0.05, 0.1) is 11.9 Å². The molecule has 0 bridgehead atoms. The summed E-state index contributed by atoms with van der Waals surface area (Å²) in [6, 6.07) is 2.34. The predicted octanol–water partition coefficient (Wildman–Crippen LogP) is 3.94. The minimum Gasteiger partial charge on any atom is -0.383 e. The summed E-state index contributed by atoms with van der Waals surface area (Å²) in [6.45, 7) is 5.56. The Balaban J connectivity index is 1.87. The fourth-order valence-corrected chi connectivity index (χ4v) is 6.24. The highest BCUT2D eigenvalue weighted by atomic mass is 32.2. The monoisotopic (exact) mass is 391 g/mol. The molecule has 140 valence electrons. The average Bonchev–Trinajstić information content (AvgIpc) is 3.26. The molecule has 26 heavy (non-hydrogen) atoms. The van der Waals surface area contributed by atoms with E-state index in [-0.39, 0.29) is 0 Å². The molecule has 1 aromatic carbocycles. The molecule has 0 fully saturated rings. The summed E-state index contributed by atoms with van der Waals surface area (Å²) >= 11 is 1.18. The summed E-state index contributed by atoms with van der Waals surface area (Å²) in [5.74, 6) is 0.517. The van der Waals surface area contributed by atoms with E-state index in [9.17, 15) is 9.32 Å². The Morgan fingerprint density at radius 2 is 2.12 bits per heavy atom. The maximum atomic E-state index is 13.3. The van der Waals surface area contributed by atoms with Gasteiger partial charge in [-0.15, -0.1) is 11.3 Å². The Kier molecular flexibility index (Phi) is 4.26. The van der Waals surface area contributed by atoms with Crippen molar-refractivity contribution >= 4 is 26.9 Å². The highest BCUT2D eigenvalue weighted by Crippen LogP contribution is 2.45. The average molecular weight is 392 g/mol. The van der Waals surface area contributed by atoms with Gasteiger partial charge in [0.15, 0.2) is 9.92 Å². The quantitative estimate of drug-likeness (QED) is 0.830. The second kappa shape index (κ2) is 6.12. The van der Waals surface area contributed by atoms with Crippen molar-refractivity contribution in [1.29, 1.82) is 0 Å². The first-order valence-corrected chi connectivity index (χ1v) is 11.5. The van der Waals surface area contributed by atoms with Gasteiger partial charge in [-0.1, -0.05) is 13.0 Å². The Morgan fingerprint density at radius 1 is 1.35 bits per heavy atom. The van der Waals surface area contributed by atoms with Crippen molar-refractivity contribution in [2.45, 2.75) is 68.6 Å². The highest BCUT2D eigenvalue weighted by Gasteiger charge is 2.29. The number of rotatable bonds is 3. The SMILES string of the molecule is CC1CCc2c1cc1c(c2N=S(N)(=O)c2cnc(C(C)(C)O)s2)CCC1. The van der Waals surface area contributed by atoms with Gasteiger partial charge in [-0.2, -0.15) is 4.36 Å². The minimum absolute atomic E-state index is 0.421. The number of benzene rings is 1. The molecule has 0 aliphatic heterocycles. The molecule has 0 saturated heterocycles. The third kappa shape index (κ3) is 3.01. The van der Waals surface area contributed by atoms with Gasteiger partial charge in [-0.25, -0.2) is 14.3 Å². The van der Waals surface area contributed by atoms with Crippen LogP contribution in [0.2, 0.25) is 0 Å². The van der Waals surface area contributed by atoms with Gasteiger partial charge in [0.1, 0.15) is 14.8 Å². The molecule has 1 aromatic heterocycles. The van der Waals surface area contributed by atoms with Crippen LogP contribution in [0.5, 0.6) is 0 Å². The second-order valence-corrected chi connectivity index (χ2v) is 11.0. The molecule has 2 aliphatic carbocycles. The molecular weight excluding hydrogens is 366 g/mol. The number of fused-ring (bicyclic) bond motifs is 2. The summed E-state index contributed by atoms with van der Waals surface area (Å²) in [6.07, 6.45) is 6.72. The van der Waals surface area contributed by atoms with E-state index in [0.717, 1.165) is 37.8 Å². The maximum Gasteiger partial charge on any atom is 0.150 e. The van der Waals surface area contributed by atoms with E-state index in [0.29, 0.717) is 15.1 Å². The molecule has 0 radical (unpaired) electrons. The Bertz CT molecular complexity index is 995. The van der Waals surface area contributed by atoms with E-state index >= 15 is 0 Å². The van der Waals surface area contributed by atoms with E-state index < -0.39 is 15.5 Å². The molecular formula is C19H25N3O2S2. The largest absolute Gasteiger partial charge is 0.383 e. The maximum absolute atomic E-state index is 13.3. The summed E-state index contributed by atoms with van der Waals surface area (Å²) < 4.78 is 18.3. The van der Waals surface area contributed by atoms with Crippen molar-refractivity contribution in [1.82, 2.24) is 4.98 Å². The molecule has 7 heteroatoms. The lowest BCUT2D eigenvalue weighted by molar-refractivity contribution is 0.0783. The van der Waals surface area contributed by atoms with Gasteiger partial charge in [0.2, 0.25) is 0 Å². The molecule has 0 amide bonds. The smallest absolute Gasteiger partial charge is 0.150 e. The first-order valence-electron chi connectivity index (χ1n) is 9.08. The lowest BCUT2D eigenvalue weighted by atomic mass is 9.96. The van der Waals surface area contributed by atoms with Crippen LogP contribution in [0.4, 0.5) is 5.69 Å². The first-order chi connectivity index (χ1) is 12.2. The van der Waals surface area contributed by atoms with E-state index in [2.05, 4.69) is 22.3 Å². The zero-order chi connectivity index (χ0) is 18.7. The van der Waals surface area contributed by atoms with Gasteiger partial charge in [0, 0.05) is 0 Å². The van der Waals surface area contributed by atoms with Crippen LogP contribution in [0.1, 0.15) is 66.8 Å². The van der Waals surface area contributed by atoms with Gasteiger partial charge < -0.3 is 5.11 Å². The van der Waals surface area contributed by atoms with Crippen molar-refractivity contribution in [3.63, 3.8) is 0 Å². The standard InChI is InChI=1S/C19H25N3O2S2/c1-11-7-8-14-15(11)9-12-5-4-6-13(12)17(14)22-26(20,24)16-10-21-18(25-16)19(2,3)23/h9-11,23H,4-8H2,1-3H3,(H2,20,22,24). The first kappa shape index (κ1) is 18.1. The summed E-state index contributed by atoms with van der Waals surface area (Å²) in [7, 11) is -3.09. The zero-order valence-electron chi connectivity index (χ0n) is 15.4. The lowest BCUT2D eigenvalue weighted by Crippen LogP contribution is -2.14. The minimum atomic E-state index is -3.09. The molecule has 2 aliphatic rings. The van der Waals surface area contributed by atoms with Crippen molar-refractivity contribution in [2.75, 3.05) is 0 Å². The molecule has 2 unspecified atom stereocenters. The van der Waals surface area contributed by atoms with Crippen LogP contribution in [0, 0.1) is 0 Å². The van der Waals surface area contributed by atoms with Gasteiger partial charge in [-0.05, 0) is 74.1 Å². The van der Waals surface area contributed by atoms with Crippen molar-refractivity contribution < 1.29 is 9.32 Å². The van der Waals surface area contributed by atoms with E-state index in [1.807, 2.05) is 0 Å². The summed E-state index contributed by atoms with van der Waals surface area (Å²) in [5.41, 5.74) is 4.93.